The Hall–Kier alpha value is -1.53. The van der Waals surface area contributed by atoms with Gasteiger partial charge in [-0.3, -0.25) is 0 Å². The van der Waals surface area contributed by atoms with Gasteiger partial charge in [0.15, 0.2) is 0 Å². The second kappa shape index (κ2) is 2.50. The van der Waals surface area contributed by atoms with Gasteiger partial charge in [-0.05, 0) is 23.6 Å². The maximum absolute atomic E-state index is 5.62. The Bertz CT molecular complexity index is 467. The number of H-pyrrole nitrogens is 1. The topological polar surface area (TPSA) is 41.6 Å². The molecule has 2 aromatic rings. The van der Waals surface area contributed by atoms with Gasteiger partial charge in [-0.25, -0.2) is 4.98 Å². The van der Waals surface area contributed by atoms with E-state index in [1.807, 2.05) is 6.07 Å². The summed E-state index contributed by atoms with van der Waals surface area (Å²) >= 11 is 5.62. The molecular formula is C8H4ClN3. The first-order chi connectivity index (χ1) is 5.81. The number of aromatic amines is 1. The largest absolute Gasteiger partial charge is 0.346 e. The summed E-state index contributed by atoms with van der Waals surface area (Å²) in [7, 11) is 0. The number of aromatic nitrogens is 3. The van der Waals surface area contributed by atoms with E-state index in [0.717, 1.165) is 5.39 Å². The molecule has 0 aliphatic heterocycles. The molecule has 0 saturated heterocycles. The quantitative estimate of drug-likeness (QED) is 0.491. The summed E-state index contributed by atoms with van der Waals surface area (Å²) in [6.45, 7) is 0. The summed E-state index contributed by atoms with van der Waals surface area (Å²) in [5, 5.41) is 0.986. The van der Waals surface area contributed by atoms with E-state index in [0.29, 0.717) is 11.3 Å². The number of nitrogens with zero attached hydrogens (tertiary/aromatic N) is 2. The maximum Gasteiger partial charge on any atom is 0.225 e. The summed E-state index contributed by atoms with van der Waals surface area (Å²) in [5.41, 5.74) is 1.19. The Kier molecular flexibility index (Phi) is 1.49. The van der Waals surface area contributed by atoms with Gasteiger partial charge in [0.25, 0.3) is 0 Å². The fourth-order valence-electron chi connectivity index (χ4n) is 1.02. The van der Waals surface area contributed by atoms with E-state index in [4.69, 9.17) is 18.0 Å². The minimum Gasteiger partial charge on any atom is -0.346 e. The van der Waals surface area contributed by atoms with Crippen molar-refractivity contribution in [1.82, 2.24) is 15.0 Å². The van der Waals surface area contributed by atoms with E-state index in [2.05, 4.69) is 20.9 Å². The first kappa shape index (κ1) is 7.14. The van der Waals surface area contributed by atoms with Gasteiger partial charge in [0.2, 0.25) is 5.28 Å². The molecule has 0 fully saturated rings. The molecule has 0 aromatic carbocycles. The molecule has 0 aliphatic rings. The SMILES string of the molecule is C#Cc1nc(Cl)nc2[nH]ccc12. The third-order valence-electron chi connectivity index (χ3n) is 1.53. The summed E-state index contributed by atoms with van der Waals surface area (Å²) in [4.78, 5) is 10.7. The number of halogens is 1. The van der Waals surface area contributed by atoms with E-state index in [-0.39, 0.29) is 5.28 Å². The molecule has 0 spiro atoms. The van der Waals surface area contributed by atoms with Gasteiger partial charge in [-0.2, -0.15) is 4.98 Å². The molecule has 0 radical (unpaired) electrons. The predicted octanol–water partition coefficient (Wildman–Crippen LogP) is 1.59. The van der Waals surface area contributed by atoms with Crippen molar-refractivity contribution >= 4 is 22.6 Å². The number of terminal acetylenes is 1. The van der Waals surface area contributed by atoms with Crippen LogP contribution in [0.4, 0.5) is 0 Å². The van der Waals surface area contributed by atoms with Crippen molar-refractivity contribution in [1.29, 1.82) is 0 Å². The molecule has 0 amide bonds. The van der Waals surface area contributed by atoms with Crippen LogP contribution in [-0.4, -0.2) is 15.0 Å². The number of fused-ring (bicyclic) bond motifs is 1. The summed E-state index contributed by atoms with van der Waals surface area (Å²) in [5.74, 6) is 2.44. The van der Waals surface area contributed by atoms with Crippen molar-refractivity contribution in [2.75, 3.05) is 0 Å². The normalized spacial score (nSPS) is 10.0. The number of rotatable bonds is 0. The summed E-state index contributed by atoms with van der Waals surface area (Å²) in [6.07, 6.45) is 6.98. The molecule has 0 aliphatic carbocycles. The molecule has 4 heteroatoms. The lowest BCUT2D eigenvalue weighted by atomic mass is 10.3. The minimum absolute atomic E-state index is 0.165. The minimum atomic E-state index is 0.165. The van der Waals surface area contributed by atoms with Crippen LogP contribution in [0.1, 0.15) is 5.69 Å². The second-order valence-corrected chi connectivity index (χ2v) is 2.56. The van der Waals surface area contributed by atoms with Crippen molar-refractivity contribution < 1.29 is 0 Å². The highest BCUT2D eigenvalue weighted by Crippen LogP contribution is 2.15. The molecule has 3 nitrogen and oxygen atoms in total. The van der Waals surface area contributed by atoms with E-state index in [9.17, 15) is 0 Å². The fraction of sp³-hybridized carbons (Fsp3) is 0. The number of hydrogen-bond donors (Lipinski definition) is 1. The lowest BCUT2D eigenvalue weighted by Crippen LogP contribution is -1.88. The monoisotopic (exact) mass is 177 g/mol. The fourth-order valence-corrected chi connectivity index (χ4v) is 1.19. The van der Waals surface area contributed by atoms with Gasteiger partial charge in [-0.15, -0.1) is 6.42 Å². The second-order valence-electron chi connectivity index (χ2n) is 2.23. The Labute approximate surface area is 73.8 Å². The molecule has 58 valence electrons. The van der Waals surface area contributed by atoms with Crippen LogP contribution in [0.25, 0.3) is 11.0 Å². The van der Waals surface area contributed by atoms with Crippen LogP contribution in [0.15, 0.2) is 12.3 Å². The van der Waals surface area contributed by atoms with Crippen LogP contribution in [-0.2, 0) is 0 Å². The molecule has 2 heterocycles. The average molecular weight is 178 g/mol. The molecule has 12 heavy (non-hydrogen) atoms. The smallest absolute Gasteiger partial charge is 0.225 e. The molecule has 0 unspecified atom stereocenters. The Morgan fingerprint density at radius 1 is 1.50 bits per heavy atom. The van der Waals surface area contributed by atoms with Gasteiger partial charge in [0.1, 0.15) is 11.3 Å². The molecule has 2 rings (SSSR count). The predicted molar refractivity (Wildman–Crippen MR) is 46.8 cm³/mol. The maximum atomic E-state index is 5.62. The van der Waals surface area contributed by atoms with Crippen LogP contribution < -0.4 is 0 Å². The molecule has 0 atom stereocenters. The Morgan fingerprint density at radius 2 is 2.33 bits per heavy atom. The standard InChI is InChI=1S/C8H4ClN3/c1-2-6-5-3-4-10-7(5)12-8(9)11-6/h1,3-4H,(H,10,11,12). The van der Waals surface area contributed by atoms with Crippen molar-refractivity contribution in [2.45, 2.75) is 0 Å². The molecule has 2 aromatic heterocycles. The highest BCUT2D eigenvalue weighted by molar-refractivity contribution is 6.28. The van der Waals surface area contributed by atoms with Gasteiger partial charge < -0.3 is 4.98 Å². The van der Waals surface area contributed by atoms with Crippen LogP contribution in [0.3, 0.4) is 0 Å². The zero-order valence-corrected chi connectivity index (χ0v) is 6.76. The summed E-state index contributed by atoms with van der Waals surface area (Å²) < 4.78 is 0. The first-order valence-corrected chi connectivity index (χ1v) is 3.66. The zero-order chi connectivity index (χ0) is 8.55. The van der Waals surface area contributed by atoms with Crippen LogP contribution in [0.5, 0.6) is 0 Å². The highest BCUT2D eigenvalue weighted by atomic mass is 35.5. The van der Waals surface area contributed by atoms with E-state index in [1.54, 1.807) is 6.20 Å². The highest BCUT2D eigenvalue weighted by Gasteiger charge is 2.03. The van der Waals surface area contributed by atoms with E-state index < -0.39 is 0 Å². The molecule has 1 N–H and O–H groups in total. The molecule has 0 bridgehead atoms. The van der Waals surface area contributed by atoms with Gasteiger partial charge in [0, 0.05) is 6.20 Å². The third-order valence-corrected chi connectivity index (χ3v) is 1.69. The van der Waals surface area contributed by atoms with Crippen LogP contribution in [0.2, 0.25) is 5.28 Å². The first-order valence-electron chi connectivity index (χ1n) is 3.28. The lowest BCUT2D eigenvalue weighted by Gasteiger charge is -1.93. The van der Waals surface area contributed by atoms with Crippen molar-refractivity contribution in [3.63, 3.8) is 0 Å². The van der Waals surface area contributed by atoms with Gasteiger partial charge in [-0.1, -0.05) is 0 Å². The Balaban J connectivity index is 2.91. The van der Waals surface area contributed by atoms with Crippen molar-refractivity contribution in [3.05, 3.63) is 23.2 Å². The van der Waals surface area contributed by atoms with Gasteiger partial charge >= 0.3 is 0 Å². The summed E-state index contributed by atoms with van der Waals surface area (Å²) in [6, 6.07) is 1.82. The lowest BCUT2D eigenvalue weighted by molar-refractivity contribution is 1.18. The van der Waals surface area contributed by atoms with Crippen molar-refractivity contribution in [2.24, 2.45) is 0 Å². The molecule has 0 saturated carbocycles. The Morgan fingerprint density at radius 3 is 3.08 bits per heavy atom. The average Bonchev–Trinajstić information content (AvgIpc) is 2.50. The van der Waals surface area contributed by atoms with E-state index >= 15 is 0 Å². The van der Waals surface area contributed by atoms with Crippen LogP contribution in [0, 0.1) is 12.3 Å². The van der Waals surface area contributed by atoms with Crippen molar-refractivity contribution in [3.8, 4) is 12.3 Å². The number of nitrogens with one attached hydrogen (secondary N) is 1. The third kappa shape index (κ3) is 0.936. The van der Waals surface area contributed by atoms with E-state index in [1.165, 1.54) is 0 Å². The van der Waals surface area contributed by atoms with Gasteiger partial charge in [0.05, 0.1) is 5.39 Å². The zero-order valence-electron chi connectivity index (χ0n) is 6.00. The number of hydrogen-bond acceptors (Lipinski definition) is 2. The van der Waals surface area contributed by atoms with Crippen LogP contribution >= 0.6 is 11.6 Å². The molecular weight excluding hydrogens is 174 g/mol.